The minimum absolute atomic E-state index is 0. The van der Waals surface area contributed by atoms with E-state index in [0.717, 1.165) is 12.8 Å². The maximum absolute atomic E-state index is 3.38. The van der Waals surface area contributed by atoms with Crippen LogP contribution in [0.15, 0.2) is 48.6 Å². The van der Waals surface area contributed by atoms with E-state index in [1.54, 1.807) is 27.4 Å². The van der Waals surface area contributed by atoms with Crippen molar-refractivity contribution in [1.82, 2.24) is 0 Å². The molecule has 0 atom stereocenters. The number of hydrogen-bond acceptors (Lipinski definition) is 0. The van der Waals surface area contributed by atoms with Crippen LogP contribution in [0.3, 0.4) is 0 Å². The van der Waals surface area contributed by atoms with Crippen LogP contribution in [0.1, 0.15) is 41.5 Å². The Kier molecular flexibility index (Phi) is 10.0. The standard InChI is InChI=1S/C15H13.C5H5.C3H4.2ClH.Zr/c1-10-3-5-12-9-13-6-4-11(2)8-15(13)14(12)7-10;1-2-4-5-3-1;1-2-3-1;;;/h3-5,7-8H,9H2,1-2H3;1-3H,4H2;1-2H2;2*1H;/q2*-1;;;;+2/p-2. The average Bonchev–Trinajstić information content (AvgIpc) is 3.07. The van der Waals surface area contributed by atoms with Crippen LogP contribution in [-0.4, -0.2) is 3.21 Å². The second-order valence-electron chi connectivity index (χ2n) is 6.51. The molecule has 0 spiro atoms. The Labute approximate surface area is 184 Å². The molecule has 0 bridgehead atoms. The number of allylic oxidation sites excluding steroid dienone is 4. The van der Waals surface area contributed by atoms with Gasteiger partial charge in [-0.25, -0.2) is 12.2 Å². The molecular formula is C23H22Cl2Zr-2. The molecule has 5 rings (SSSR count). The van der Waals surface area contributed by atoms with Crippen molar-refractivity contribution in [2.75, 3.05) is 0 Å². The van der Waals surface area contributed by atoms with E-state index < -0.39 is 0 Å². The molecule has 0 radical (unpaired) electrons. The first-order valence-corrected chi connectivity index (χ1v) is 9.75. The van der Waals surface area contributed by atoms with Crippen LogP contribution >= 0.6 is 0 Å². The van der Waals surface area contributed by atoms with Gasteiger partial charge in [0.2, 0.25) is 0 Å². The molecule has 0 nitrogen and oxygen atoms in total. The summed E-state index contributed by atoms with van der Waals surface area (Å²) >= 11 is 1.66. The zero-order chi connectivity index (χ0) is 16.9. The van der Waals surface area contributed by atoms with Crippen molar-refractivity contribution in [2.24, 2.45) is 0 Å². The van der Waals surface area contributed by atoms with Crippen LogP contribution in [0.25, 0.3) is 11.1 Å². The van der Waals surface area contributed by atoms with Gasteiger partial charge >= 0.3 is 40.3 Å². The molecule has 26 heavy (non-hydrogen) atoms. The maximum atomic E-state index is 3.38. The molecule has 3 heteroatoms. The van der Waals surface area contributed by atoms with Crippen LogP contribution < -0.4 is 24.8 Å². The van der Waals surface area contributed by atoms with Crippen LogP contribution in [0, 0.1) is 26.0 Å². The van der Waals surface area contributed by atoms with E-state index in [1.807, 2.05) is 12.2 Å². The molecule has 0 unspecified atom stereocenters. The van der Waals surface area contributed by atoms with Crippen LogP contribution in [0.2, 0.25) is 0 Å². The first-order valence-electron chi connectivity index (χ1n) is 8.52. The molecular weight excluding hydrogens is 438 g/mol. The SMILES string of the molecule is Cc1c[c-]c2c(c1)-c1cc(C)ccc1C2.[C-]1=CC=CC1.[Cl-].[Cl-].[Zr+2]=[C]1CC1. The fraction of sp³-hybridized carbons (Fsp3) is 0.261. The molecule has 0 aromatic heterocycles. The van der Waals surface area contributed by atoms with Gasteiger partial charge in [-0.2, -0.15) is 35.4 Å². The van der Waals surface area contributed by atoms with Crippen molar-refractivity contribution >= 4 is 3.21 Å². The van der Waals surface area contributed by atoms with Crippen LogP contribution in [0.4, 0.5) is 0 Å². The summed E-state index contributed by atoms with van der Waals surface area (Å²) in [6.45, 7) is 4.28. The molecule has 2 aromatic carbocycles. The molecule has 1 fully saturated rings. The normalized spacial score (nSPS) is 13.9. The van der Waals surface area contributed by atoms with E-state index >= 15 is 0 Å². The molecule has 0 amide bonds. The third kappa shape index (κ3) is 6.77. The average molecular weight is 461 g/mol. The summed E-state index contributed by atoms with van der Waals surface area (Å²) < 4.78 is 1.76. The van der Waals surface area contributed by atoms with Crippen molar-refractivity contribution in [3.05, 3.63) is 83.0 Å². The van der Waals surface area contributed by atoms with Crippen molar-refractivity contribution in [3.63, 3.8) is 0 Å². The number of benzene rings is 2. The zero-order valence-electron chi connectivity index (χ0n) is 15.2. The Bertz CT molecular complexity index is 753. The van der Waals surface area contributed by atoms with E-state index in [4.69, 9.17) is 0 Å². The topological polar surface area (TPSA) is 0 Å². The van der Waals surface area contributed by atoms with Crippen LogP contribution in [0.5, 0.6) is 0 Å². The quantitative estimate of drug-likeness (QED) is 0.397. The molecule has 1 saturated carbocycles. The second-order valence-corrected chi connectivity index (χ2v) is 8.25. The summed E-state index contributed by atoms with van der Waals surface area (Å²) in [6, 6.07) is 14.5. The third-order valence-electron chi connectivity index (χ3n) is 4.18. The predicted octanol–water partition coefficient (Wildman–Crippen LogP) is -0.512. The molecule has 3 aliphatic rings. The number of fused-ring (bicyclic) bond motifs is 3. The van der Waals surface area contributed by atoms with Crippen molar-refractivity contribution in [3.8, 4) is 11.1 Å². The summed E-state index contributed by atoms with van der Waals surface area (Å²) in [5.74, 6) is 0. The third-order valence-corrected chi connectivity index (χ3v) is 5.41. The van der Waals surface area contributed by atoms with Crippen molar-refractivity contribution in [2.45, 2.75) is 39.5 Å². The van der Waals surface area contributed by atoms with E-state index in [0.29, 0.717) is 0 Å². The van der Waals surface area contributed by atoms with Crippen LogP contribution in [-0.2, 0) is 30.7 Å². The second kappa shape index (κ2) is 11.2. The monoisotopic (exact) mass is 458 g/mol. The van der Waals surface area contributed by atoms with E-state index in [-0.39, 0.29) is 24.8 Å². The molecule has 0 heterocycles. The molecule has 3 aliphatic carbocycles. The Balaban J connectivity index is 0.000000255. The van der Waals surface area contributed by atoms with E-state index in [1.165, 1.54) is 46.2 Å². The van der Waals surface area contributed by atoms with Gasteiger partial charge in [-0.1, -0.05) is 41.8 Å². The number of halogens is 2. The summed E-state index contributed by atoms with van der Waals surface area (Å²) in [7, 11) is 0. The van der Waals surface area contributed by atoms with Crippen molar-refractivity contribution < 1.29 is 49.0 Å². The van der Waals surface area contributed by atoms with E-state index in [2.05, 4.69) is 62.4 Å². The van der Waals surface area contributed by atoms with Gasteiger partial charge in [-0.05, 0) is 13.3 Å². The predicted molar refractivity (Wildman–Crippen MR) is 98.8 cm³/mol. The molecule has 134 valence electrons. The Morgan fingerprint density at radius 2 is 1.65 bits per heavy atom. The zero-order valence-corrected chi connectivity index (χ0v) is 19.2. The molecule has 2 aromatic rings. The fourth-order valence-electron chi connectivity index (χ4n) is 2.71. The Morgan fingerprint density at radius 1 is 0.962 bits per heavy atom. The minimum atomic E-state index is 0. The molecule has 0 saturated heterocycles. The summed E-state index contributed by atoms with van der Waals surface area (Å²) in [5.41, 5.74) is 8.21. The van der Waals surface area contributed by atoms with Gasteiger partial charge in [0.1, 0.15) is 0 Å². The number of hydrogen-bond donors (Lipinski definition) is 0. The van der Waals surface area contributed by atoms with Gasteiger partial charge in [0.25, 0.3) is 0 Å². The van der Waals surface area contributed by atoms with Gasteiger partial charge in [0, 0.05) is 0 Å². The van der Waals surface area contributed by atoms with E-state index in [9.17, 15) is 0 Å². The summed E-state index contributed by atoms with van der Waals surface area (Å²) in [5, 5.41) is 0. The van der Waals surface area contributed by atoms with Gasteiger partial charge < -0.3 is 24.8 Å². The number of aryl methyl sites for hydroxylation is 2. The Hall–Kier alpha value is -0.747. The first-order chi connectivity index (χ1) is 11.6. The molecule has 0 aliphatic heterocycles. The Morgan fingerprint density at radius 3 is 2.19 bits per heavy atom. The fourth-order valence-corrected chi connectivity index (χ4v) is 3.02. The summed E-state index contributed by atoms with van der Waals surface area (Å²) in [6.07, 6.45) is 13.9. The van der Waals surface area contributed by atoms with Gasteiger partial charge in [-0.3, -0.25) is 6.08 Å². The number of rotatable bonds is 0. The van der Waals surface area contributed by atoms with Gasteiger partial charge in [-0.15, -0.1) is 12.0 Å². The van der Waals surface area contributed by atoms with Gasteiger partial charge in [0.05, 0.1) is 0 Å². The van der Waals surface area contributed by atoms with Gasteiger partial charge in [0.15, 0.2) is 0 Å². The molecule has 0 N–H and O–H groups in total. The first kappa shape index (κ1) is 23.3. The summed E-state index contributed by atoms with van der Waals surface area (Å²) in [4.78, 5) is 0. The van der Waals surface area contributed by atoms with Crippen molar-refractivity contribution in [1.29, 1.82) is 0 Å².